The average molecular weight is 386 g/mol. The first-order valence-corrected chi connectivity index (χ1v) is 9.91. The molecular formula is C21H26N2O5. The molecule has 0 radical (unpaired) electrons. The summed E-state index contributed by atoms with van der Waals surface area (Å²) in [6.07, 6.45) is 3.12. The Morgan fingerprint density at radius 2 is 1.93 bits per heavy atom. The van der Waals surface area contributed by atoms with Crippen molar-refractivity contribution in [3.05, 3.63) is 30.0 Å². The van der Waals surface area contributed by atoms with E-state index in [4.69, 9.17) is 18.9 Å². The highest BCUT2D eigenvalue weighted by Crippen LogP contribution is 2.38. The van der Waals surface area contributed by atoms with Gasteiger partial charge in [-0.05, 0) is 32.0 Å². The van der Waals surface area contributed by atoms with Crippen molar-refractivity contribution in [2.75, 3.05) is 44.4 Å². The topological polar surface area (TPSA) is 70.1 Å². The van der Waals surface area contributed by atoms with Gasteiger partial charge in [0.2, 0.25) is 0 Å². The number of anilines is 1. The van der Waals surface area contributed by atoms with Crippen molar-refractivity contribution in [3.8, 4) is 5.75 Å². The second kappa shape index (κ2) is 7.93. The van der Waals surface area contributed by atoms with Crippen LogP contribution in [0.25, 0.3) is 10.9 Å². The molecule has 0 atom stereocenters. The molecular weight excluding hydrogens is 360 g/mol. The summed E-state index contributed by atoms with van der Waals surface area (Å²) < 4.78 is 22.7. The monoisotopic (exact) mass is 386 g/mol. The molecule has 2 fully saturated rings. The summed E-state index contributed by atoms with van der Waals surface area (Å²) in [5.74, 6) is -0.0720. The van der Waals surface area contributed by atoms with Crippen molar-refractivity contribution in [3.63, 3.8) is 0 Å². The number of rotatable bonds is 5. The maximum atomic E-state index is 12.6. The zero-order valence-electron chi connectivity index (χ0n) is 16.4. The largest absolute Gasteiger partial charge is 0.494 e. The molecule has 150 valence electrons. The fourth-order valence-electron chi connectivity index (χ4n) is 3.97. The first-order valence-electron chi connectivity index (χ1n) is 9.91. The first-order chi connectivity index (χ1) is 13.7. The van der Waals surface area contributed by atoms with Crippen molar-refractivity contribution in [2.24, 2.45) is 0 Å². The van der Waals surface area contributed by atoms with Gasteiger partial charge in [0.1, 0.15) is 11.3 Å². The summed E-state index contributed by atoms with van der Waals surface area (Å²) in [5.41, 5.74) is 2.14. The van der Waals surface area contributed by atoms with Crippen LogP contribution in [0.4, 0.5) is 5.69 Å². The standard InChI is InChI=1S/C21H26N2O5/c1-3-25-15-5-6-18-16(13-15)19(17(14-22-18)20(24)26-4-2)23-9-7-21(8-10-23)27-11-12-28-21/h5-6,13-14H,3-4,7-12H2,1-2H3. The van der Waals surface area contributed by atoms with Crippen molar-refractivity contribution in [1.29, 1.82) is 0 Å². The van der Waals surface area contributed by atoms with E-state index in [1.54, 1.807) is 13.1 Å². The molecule has 0 saturated carbocycles. The van der Waals surface area contributed by atoms with Crippen LogP contribution in [0.5, 0.6) is 5.75 Å². The fraction of sp³-hybridized carbons (Fsp3) is 0.524. The summed E-state index contributed by atoms with van der Waals surface area (Å²) >= 11 is 0. The Morgan fingerprint density at radius 3 is 2.61 bits per heavy atom. The van der Waals surface area contributed by atoms with Crippen LogP contribution in [0.2, 0.25) is 0 Å². The molecule has 2 aliphatic rings. The van der Waals surface area contributed by atoms with Gasteiger partial charge in [-0.25, -0.2) is 4.79 Å². The number of hydrogen-bond acceptors (Lipinski definition) is 7. The third-order valence-corrected chi connectivity index (χ3v) is 5.27. The lowest BCUT2D eigenvalue weighted by Gasteiger charge is -2.39. The van der Waals surface area contributed by atoms with Crippen LogP contribution in [-0.4, -0.2) is 56.3 Å². The Kier molecular flexibility index (Phi) is 5.37. The molecule has 1 spiro atoms. The van der Waals surface area contributed by atoms with Gasteiger partial charge in [0.25, 0.3) is 0 Å². The third-order valence-electron chi connectivity index (χ3n) is 5.27. The Morgan fingerprint density at radius 1 is 1.18 bits per heavy atom. The summed E-state index contributed by atoms with van der Waals surface area (Å²) in [6.45, 7) is 7.39. The van der Waals surface area contributed by atoms with Gasteiger partial charge in [-0.3, -0.25) is 4.98 Å². The highest BCUT2D eigenvalue weighted by Gasteiger charge is 2.40. The van der Waals surface area contributed by atoms with Gasteiger partial charge in [-0.2, -0.15) is 0 Å². The van der Waals surface area contributed by atoms with E-state index in [1.807, 2.05) is 25.1 Å². The van der Waals surface area contributed by atoms with E-state index in [0.29, 0.717) is 32.0 Å². The van der Waals surface area contributed by atoms with Crippen LogP contribution < -0.4 is 9.64 Å². The number of nitrogens with zero attached hydrogens (tertiary/aromatic N) is 2. The average Bonchev–Trinajstić information content (AvgIpc) is 3.16. The Labute approximate surface area is 164 Å². The Bertz CT molecular complexity index is 853. The molecule has 28 heavy (non-hydrogen) atoms. The maximum Gasteiger partial charge on any atom is 0.341 e. The highest BCUT2D eigenvalue weighted by molar-refractivity contribution is 6.05. The number of piperidine rings is 1. The lowest BCUT2D eigenvalue weighted by atomic mass is 10.00. The van der Waals surface area contributed by atoms with Crippen molar-refractivity contribution in [2.45, 2.75) is 32.5 Å². The van der Waals surface area contributed by atoms with Gasteiger partial charge in [-0.15, -0.1) is 0 Å². The molecule has 7 heteroatoms. The van der Waals surface area contributed by atoms with Crippen LogP contribution in [0.15, 0.2) is 24.4 Å². The van der Waals surface area contributed by atoms with Gasteiger partial charge in [0.05, 0.1) is 37.6 Å². The van der Waals surface area contributed by atoms with E-state index in [0.717, 1.165) is 48.3 Å². The molecule has 0 N–H and O–H groups in total. The number of ether oxygens (including phenoxy) is 4. The molecule has 0 amide bonds. The van der Waals surface area contributed by atoms with E-state index >= 15 is 0 Å². The van der Waals surface area contributed by atoms with E-state index in [1.165, 1.54) is 0 Å². The normalized spacial score (nSPS) is 18.6. The number of esters is 1. The predicted molar refractivity (Wildman–Crippen MR) is 105 cm³/mol. The Balaban J connectivity index is 1.75. The van der Waals surface area contributed by atoms with Crippen LogP contribution in [0, 0.1) is 0 Å². The van der Waals surface area contributed by atoms with Crippen molar-refractivity contribution < 1.29 is 23.7 Å². The number of carbonyl (C=O) groups is 1. The molecule has 4 rings (SSSR count). The van der Waals surface area contributed by atoms with Crippen LogP contribution >= 0.6 is 0 Å². The number of benzene rings is 1. The molecule has 2 aromatic rings. The number of fused-ring (bicyclic) bond motifs is 1. The number of pyridine rings is 1. The quantitative estimate of drug-likeness (QED) is 0.731. The SMILES string of the molecule is CCOC(=O)c1cnc2ccc(OCC)cc2c1N1CCC2(CC1)OCCO2. The minimum absolute atomic E-state index is 0.320. The van der Waals surface area contributed by atoms with E-state index in [-0.39, 0.29) is 5.97 Å². The third kappa shape index (κ3) is 3.52. The van der Waals surface area contributed by atoms with Crippen LogP contribution in [-0.2, 0) is 14.2 Å². The second-order valence-corrected chi connectivity index (χ2v) is 6.95. The predicted octanol–water partition coefficient (Wildman–Crippen LogP) is 3.15. The van der Waals surface area contributed by atoms with Crippen LogP contribution in [0.1, 0.15) is 37.0 Å². The highest BCUT2D eigenvalue weighted by atomic mass is 16.7. The molecule has 2 saturated heterocycles. The summed E-state index contributed by atoms with van der Waals surface area (Å²) in [7, 11) is 0. The lowest BCUT2D eigenvalue weighted by molar-refractivity contribution is -0.169. The summed E-state index contributed by atoms with van der Waals surface area (Å²) in [4.78, 5) is 19.3. The van der Waals surface area contributed by atoms with Crippen molar-refractivity contribution >= 4 is 22.6 Å². The van der Waals surface area contributed by atoms with Gasteiger partial charge < -0.3 is 23.8 Å². The smallest absolute Gasteiger partial charge is 0.341 e. The lowest BCUT2D eigenvalue weighted by Crippen LogP contribution is -2.45. The second-order valence-electron chi connectivity index (χ2n) is 6.95. The number of aromatic nitrogens is 1. The van der Waals surface area contributed by atoms with Gasteiger partial charge in [0.15, 0.2) is 5.79 Å². The van der Waals surface area contributed by atoms with Crippen LogP contribution in [0.3, 0.4) is 0 Å². The van der Waals surface area contributed by atoms with E-state index in [9.17, 15) is 4.79 Å². The molecule has 0 unspecified atom stereocenters. The minimum atomic E-state index is -0.472. The first kappa shape index (κ1) is 19.0. The number of carbonyl (C=O) groups excluding carboxylic acids is 1. The van der Waals surface area contributed by atoms with E-state index in [2.05, 4.69) is 9.88 Å². The molecule has 3 heterocycles. The Hall–Kier alpha value is -2.38. The van der Waals surface area contributed by atoms with Gasteiger partial charge in [0, 0.05) is 37.5 Å². The zero-order chi connectivity index (χ0) is 19.6. The van der Waals surface area contributed by atoms with E-state index < -0.39 is 5.79 Å². The van der Waals surface area contributed by atoms with Crippen molar-refractivity contribution in [1.82, 2.24) is 4.98 Å². The molecule has 1 aromatic carbocycles. The molecule has 2 aliphatic heterocycles. The fourth-order valence-corrected chi connectivity index (χ4v) is 3.97. The summed E-state index contributed by atoms with van der Waals surface area (Å²) in [6, 6.07) is 5.78. The molecule has 1 aromatic heterocycles. The zero-order valence-corrected chi connectivity index (χ0v) is 16.4. The van der Waals surface area contributed by atoms with Gasteiger partial charge in [-0.1, -0.05) is 0 Å². The molecule has 7 nitrogen and oxygen atoms in total. The number of hydrogen-bond donors (Lipinski definition) is 0. The molecule has 0 bridgehead atoms. The van der Waals surface area contributed by atoms with Gasteiger partial charge >= 0.3 is 5.97 Å². The maximum absolute atomic E-state index is 12.6. The minimum Gasteiger partial charge on any atom is -0.494 e. The molecule has 0 aliphatic carbocycles. The summed E-state index contributed by atoms with van der Waals surface area (Å²) in [5, 5.41) is 0.890.